The minimum Gasteiger partial charge on any atom is -0.365 e. The van der Waals surface area contributed by atoms with Crippen molar-refractivity contribution in [3.63, 3.8) is 0 Å². The number of piperidine rings is 2. The van der Waals surface area contributed by atoms with Gasteiger partial charge in [0, 0.05) is 55.5 Å². The van der Waals surface area contributed by atoms with Gasteiger partial charge in [-0.2, -0.15) is 0 Å². The quantitative estimate of drug-likeness (QED) is 0.347. The highest BCUT2D eigenvalue weighted by molar-refractivity contribution is 5.87. The first-order valence-corrected chi connectivity index (χ1v) is 15.1. The summed E-state index contributed by atoms with van der Waals surface area (Å²) in [6, 6.07) is 0.603. The number of carbonyl (C=O) groups is 2. The van der Waals surface area contributed by atoms with E-state index in [1.807, 2.05) is 9.80 Å². The first-order valence-electron chi connectivity index (χ1n) is 15.1. The average molecular weight is 538 g/mol. The number of allylic oxidation sites excluding steroid dienone is 2. The van der Waals surface area contributed by atoms with Crippen molar-refractivity contribution in [2.24, 2.45) is 16.8 Å². The van der Waals surface area contributed by atoms with Crippen molar-refractivity contribution in [2.75, 3.05) is 19.6 Å². The Morgan fingerprint density at radius 1 is 1.13 bits per heavy atom. The summed E-state index contributed by atoms with van der Waals surface area (Å²) >= 11 is 0. The van der Waals surface area contributed by atoms with Crippen molar-refractivity contribution in [1.29, 1.82) is 0 Å². The van der Waals surface area contributed by atoms with E-state index in [9.17, 15) is 9.59 Å². The Labute approximate surface area is 236 Å². The van der Waals surface area contributed by atoms with Gasteiger partial charge in [-0.3, -0.25) is 9.59 Å². The fourth-order valence-corrected chi connectivity index (χ4v) is 5.81. The smallest absolute Gasteiger partial charge is 0.246 e. The van der Waals surface area contributed by atoms with Gasteiger partial charge in [0.05, 0.1) is 6.34 Å². The maximum Gasteiger partial charge on any atom is 0.246 e. The van der Waals surface area contributed by atoms with Crippen LogP contribution in [0, 0.1) is 11.8 Å². The molecule has 0 bridgehead atoms. The van der Waals surface area contributed by atoms with Crippen LogP contribution in [0.5, 0.6) is 0 Å². The Morgan fingerprint density at radius 2 is 1.85 bits per heavy atom. The zero-order valence-corrected chi connectivity index (χ0v) is 25.0. The molecule has 39 heavy (non-hydrogen) atoms. The lowest BCUT2D eigenvalue weighted by atomic mass is 9.90. The highest BCUT2D eigenvalue weighted by Gasteiger charge is 2.31. The Balaban J connectivity index is 1.70. The first-order chi connectivity index (χ1) is 18.7. The minimum absolute atomic E-state index is 0.0312. The number of amides is 2. The SMILES string of the molecule is C=CC(=O)N1CC(NC2=C(/C=C\C(C)CC)C(=C)N(CCC(=O)N3CC(CCC)CCC3C)C=N2)CCC1C. The predicted molar refractivity (Wildman–Crippen MR) is 161 cm³/mol. The van der Waals surface area contributed by atoms with Crippen LogP contribution in [0.3, 0.4) is 0 Å². The third kappa shape index (κ3) is 8.09. The fraction of sp³-hybridized carbons (Fsp3) is 0.656. The average Bonchev–Trinajstić information content (AvgIpc) is 2.93. The molecule has 216 valence electrons. The van der Waals surface area contributed by atoms with E-state index in [0.29, 0.717) is 37.4 Å². The number of nitrogens with one attached hydrogen (secondary N) is 1. The normalized spacial score (nSPS) is 26.8. The molecular formula is C32H51N5O2. The van der Waals surface area contributed by atoms with Crippen LogP contribution in [0.4, 0.5) is 0 Å². The van der Waals surface area contributed by atoms with Crippen LogP contribution in [0.1, 0.15) is 86.0 Å². The van der Waals surface area contributed by atoms with Gasteiger partial charge in [0.1, 0.15) is 5.82 Å². The summed E-state index contributed by atoms with van der Waals surface area (Å²) in [4.78, 5) is 36.4. The van der Waals surface area contributed by atoms with Gasteiger partial charge in [-0.1, -0.05) is 58.9 Å². The largest absolute Gasteiger partial charge is 0.365 e. The van der Waals surface area contributed by atoms with Crippen LogP contribution >= 0.6 is 0 Å². The lowest BCUT2D eigenvalue weighted by Crippen LogP contribution is -2.51. The summed E-state index contributed by atoms with van der Waals surface area (Å²) in [5, 5.41) is 3.61. The summed E-state index contributed by atoms with van der Waals surface area (Å²) in [6.07, 6.45) is 15.6. The van der Waals surface area contributed by atoms with Crippen molar-refractivity contribution in [2.45, 2.75) is 104 Å². The first kappa shape index (κ1) is 30.7. The highest BCUT2D eigenvalue weighted by atomic mass is 16.2. The van der Waals surface area contributed by atoms with E-state index < -0.39 is 0 Å². The van der Waals surface area contributed by atoms with E-state index in [1.165, 1.54) is 25.3 Å². The number of rotatable bonds is 11. The van der Waals surface area contributed by atoms with Gasteiger partial charge in [0.25, 0.3) is 0 Å². The lowest BCUT2D eigenvalue weighted by Gasteiger charge is -2.39. The molecule has 7 heteroatoms. The van der Waals surface area contributed by atoms with Gasteiger partial charge >= 0.3 is 0 Å². The third-order valence-corrected chi connectivity index (χ3v) is 8.72. The van der Waals surface area contributed by atoms with Gasteiger partial charge < -0.3 is 20.0 Å². The summed E-state index contributed by atoms with van der Waals surface area (Å²) in [6.45, 7) is 21.0. The molecule has 0 aliphatic carbocycles. The van der Waals surface area contributed by atoms with Crippen LogP contribution < -0.4 is 5.32 Å². The second-order valence-corrected chi connectivity index (χ2v) is 11.7. The number of aliphatic imine (C=N–C) groups is 1. The molecule has 3 rings (SSSR count). The predicted octanol–water partition coefficient (Wildman–Crippen LogP) is 5.63. The molecule has 3 aliphatic heterocycles. The Morgan fingerprint density at radius 3 is 2.54 bits per heavy atom. The van der Waals surface area contributed by atoms with E-state index in [-0.39, 0.29) is 23.9 Å². The zero-order valence-electron chi connectivity index (χ0n) is 25.0. The standard InChI is InChI=1S/C32H51N5O2/c1-8-11-27-15-13-24(5)36(20-27)31(39)18-19-35-22-33-32(29(26(35)7)17-12-23(4)9-2)34-28-16-14-25(6)37(21-28)30(38)10-3/h10,12,17,22-25,27-28,34H,3,7-9,11,13-16,18-21H2,1-2,4-6H3/b17-12-. The number of nitrogens with zero attached hydrogens (tertiary/aromatic N) is 4. The Kier molecular flexibility index (Phi) is 11.4. The fourth-order valence-electron chi connectivity index (χ4n) is 5.81. The second kappa shape index (κ2) is 14.5. The van der Waals surface area contributed by atoms with Crippen molar-refractivity contribution in [3.8, 4) is 0 Å². The van der Waals surface area contributed by atoms with Crippen molar-refractivity contribution in [3.05, 3.63) is 48.5 Å². The number of carbonyl (C=O) groups excluding carboxylic acids is 2. The maximum absolute atomic E-state index is 13.3. The molecule has 5 atom stereocenters. The molecule has 0 radical (unpaired) electrons. The molecule has 7 nitrogen and oxygen atoms in total. The number of hydrogen-bond donors (Lipinski definition) is 1. The molecule has 0 aromatic rings. The zero-order chi connectivity index (χ0) is 28.5. The minimum atomic E-state index is -0.0312. The summed E-state index contributed by atoms with van der Waals surface area (Å²) < 4.78 is 0. The van der Waals surface area contributed by atoms with E-state index in [2.05, 4.69) is 70.1 Å². The van der Waals surface area contributed by atoms with Crippen molar-refractivity contribution < 1.29 is 9.59 Å². The molecule has 5 unspecified atom stereocenters. The van der Waals surface area contributed by atoms with Crippen LogP contribution in [-0.4, -0.2) is 70.6 Å². The molecule has 2 amide bonds. The van der Waals surface area contributed by atoms with Crippen LogP contribution in [0.15, 0.2) is 53.5 Å². The highest BCUT2D eigenvalue weighted by Crippen LogP contribution is 2.28. The monoisotopic (exact) mass is 537 g/mol. The Bertz CT molecular complexity index is 983. The van der Waals surface area contributed by atoms with Crippen LogP contribution in [-0.2, 0) is 9.59 Å². The van der Waals surface area contributed by atoms with Crippen LogP contribution in [0.2, 0.25) is 0 Å². The van der Waals surface area contributed by atoms with E-state index in [0.717, 1.165) is 49.3 Å². The van der Waals surface area contributed by atoms with Crippen molar-refractivity contribution >= 4 is 18.2 Å². The van der Waals surface area contributed by atoms with Gasteiger partial charge in [0.2, 0.25) is 11.8 Å². The number of hydrogen-bond acceptors (Lipinski definition) is 5. The third-order valence-electron chi connectivity index (χ3n) is 8.72. The topological polar surface area (TPSA) is 68.2 Å². The Hall–Kier alpha value is -2.83. The van der Waals surface area contributed by atoms with Gasteiger partial charge in [-0.15, -0.1) is 0 Å². The van der Waals surface area contributed by atoms with Gasteiger partial charge in [0.15, 0.2) is 0 Å². The molecule has 0 aromatic heterocycles. The van der Waals surface area contributed by atoms with E-state index in [4.69, 9.17) is 4.99 Å². The van der Waals surface area contributed by atoms with Crippen LogP contribution in [0.25, 0.3) is 0 Å². The summed E-state index contributed by atoms with van der Waals surface area (Å²) in [7, 11) is 0. The molecule has 0 saturated carbocycles. The molecular weight excluding hydrogens is 486 g/mol. The van der Waals surface area contributed by atoms with Crippen molar-refractivity contribution in [1.82, 2.24) is 20.0 Å². The summed E-state index contributed by atoms with van der Waals surface area (Å²) in [5.41, 5.74) is 1.79. The molecule has 0 spiro atoms. The maximum atomic E-state index is 13.3. The molecule has 2 fully saturated rings. The van der Waals surface area contributed by atoms with E-state index in [1.54, 1.807) is 6.34 Å². The number of likely N-dealkylation sites (tertiary alicyclic amines) is 2. The van der Waals surface area contributed by atoms with E-state index >= 15 is 0 Å². The molecule has 3 aliphatic rings. The second-order valence-electron chi connectivity index (χ2n) is 11.7. The lowest BCUT2D eigenvalue weighted by molar-refractivity contribution is -0.135. The molecule has 0 aromatic carbocycles. The molecule has 3 heterocycles. The summed E-state index contributed by atoms with van der Waals surface area (Å²) in [5.74, 6) is 2.02. The van der Waals surface area contributed by atoms with Gasteiger partial charge in [-0.25, -0.2) is 4.99 Å². The molecule has 2 saturated heterocycles. The molecule has 1 N–H and O–H groups in total. The van der Waals surface area contributed by atoms with Gasteiger partial charge in [-0.05, 0) is 63.9 Å².